The van der Waals surface area contributed by atoms with E-state index in [2.05, 4.69) is 20.3 Å². The third-order valence-electron chi connectivity index (χ3n) is 3.50. The topological polar surface area (TPSA) is 71.0 Å². The molecule has 0 saturated carbocycles. The second-order valence-electron chi connectivity index (χ2n) is 5.17. The summed E-state index contributed by atoms with van der Waals surface area (Å²) in [5.74, 6) is 0.303. The Bertz CT molecular complexity index is 791. The van der Waals surface area contributed by atoms with Crippen LogP contribution in [0.2, 0.25) is 0 Å². The first kappa shape index (κ1) is 15.6. The van der Waals surface area contributed by atoms with Gasteiger partial charge in [0.15, 0.2) is 0 Å². The predicted octanol–water partition coefficient (Wildman–Crippen LogP) is 2.57. The van der Waals surface area contributed by atoms with Crippen molar-refractivity contribution in [3.05, 3.63) is 78.4 Å². The van der Waals surface area contributed by atoms with Gasteiger partial charge in [0.1, 0.15) is 0 Å². The number of rotatable bonds is 5. The molecule has 1 N–H and O–H groups in total. The molecule has 0 fully saturated rings. The van der Waals surface area contributed by atoms with Gasteiger partial charge < -0.3 is 10.2 Å². The Labute approximate surface area is 140 Å². The van der Waals surface area contributed by atoms with E-state index >= 15 is 0 Å². The average Bonchev–Trinajstić information content (AvgIpc) is 2.67. The highest BCUT2D eigenvalue weighted by atomic mass is 16.1. The molecule has 3 aromatic rings. The van der Waals surface area contributed by atoms with Crippen molar-refractivity contribution in [2.75, 3.05) is 11.9 Å². The number of pyridine rings is 1. The third kappa shape index (κ3) is 3.73. The Kier molecular flexibility index (Phi) is 4.76. The van der Waals surface area contributed by atoms with Crippen LogP contribution in [0.5, 0.6) is 0 Å². The molecule has 2 heterocycles. The Morgan fingerprint density at radius 2 is 1.71 bits per heavy atom. The standard InChI is InChI=1S/C18H17N5O/c1-23(16-8-3-2-4-9-16)18-21-11-14(12-22-18)17(24)20-13-15-7-5-6-10-19-15/h2-12H,13H2,1H3,(H,20,24). The van der Waals surface area contributed by atoms with Crippen molar-refractivity contribution in [2.45, 2.75) is 6.54 Å². The van der Waals surface area contributed by atoms with Crippen LogP contribution < -0.4 is 10.2 Å². The van der Waals surface area contributed by atoms with Crippen LogP contribution in [0.1, 0.15) is 16.1 Å². The molecule has 0 radical (unpaired) electrons. The molecule has 0 aliphatic heterocycles. The lowest BCUT2D eigenvalue weighted by atomic mass is 10.3. The van der Waals surface area contributed by atoms with Crippen LogP contribution >= 0.6 is 0 Å². The van der Waals surface area contributed by atoms with Crippen molar-refractivity contribution in [3.63, 3.8) is 0 Å². The zero-order valence-electron chi connectivity index (χ0n) is 13.3. The molecule has 1 amide bonds. The zero-order chi connectivity index (χ0) is 16.8. The summed E-state index contributed by atoms with van der Waals surface area (Å²) in [6, 6.07) is 15.4. The summed E-state index contributed by atoms with van der Waals surface area (Å²) < 4.78 is 0. The lowest BCUT2D eigenvalue weighted by Gasteiger charge is -2.16. The van der Waals surface area contributed by atoms with Crippen molar-refractivity contribution >= 4 is 17.5 Å². The van der Waals surface area contributed by atoms with Crippen LogP contribution in [0.4, 0.5) is 11.6 Å². The van der Waals surface area contributed by atoms with Gasteiger partial charge in [0.25, 0.3) is 5.91 Å². The Balaban J connectivity index is 1.64. The molecule has 3 rings (SSSR count). The fourth-order valence-electron chi connectivity index (χ4n) is 2.15. The molecule has 0 saturated heterocycles. The molecule has 120 valence electrons. The van der Waals surface area contributed by atoms with E-state index in [9.17, 15) is 4.79 Å². The number of amides is 1. The number of anilines is 2. The first-order chi connectivity index (χ1) is 11.7. The maximum atomic E-state index is 12.1. The smallest absolute Gasteiger partial charge is 0.254 e. The Morgan fingerprint density at radius 3 is 2.38 bits per heavy atom. The van der Waals surface area contributed by atoms with E-state index in [1.807, 2.05) is 60.5 Å². The van der Waals surface area contributed by atoms with Crippen molar-refractivity contribution < 1.29 is 4.79 Å². The molecule has 0 aliphatic carbocycles. The van der Waals surface area contributed by atoms with E-state index in [0.29, 0.717) is 18.1 Å². The molecule has 0 bridgehead atoms. The van der Waals surface area contributed by atoms with Gasteiger partial charge in [-0.1, -0.05) is 24.3 Å². The molecule has 6 heteroatoms. The van der Waals surface area contributed by atoms with Gasteiger partial charge in [-0.2, -0.15) is 0 Å². The van der Waals surface area contributed by atoms with Gasteiger partial charge in [0.2, 0.25) is 5.95 Å². The van der Waals surface area contributed by atoms with Gasteiger partial charge in [-0.05, 0) is 24.3 Å². The average molecular weight is 319 g/mol. The maximum absolute atomic E-state index is 12.1. The number of benzene rings is 1. The van der Waals surface area contributed by atoms with E-state index in [1.54, 1.807) is 6.20 Å². The molecule has 6 nitrogen and oxygen atoms in total. The van der Waals surface area contributed by atoms with Crippen LogP contribution in [0, 0.1) is 0 Å². The summed E-state index contributed by atoms with van der Waals surface area (Å²) in [7, 11) is 1.88. The number of hydrogen-bond donors (Lipinski definition) is 1. The van der Waals surface area contributed by atoms with Crippen molar-refractivity contribution in [2.24, 2.45) is 0 Å². The van der Waals surface area contributed by atoms with Crippen molar-refractivity contribution in [3.8, 4) is 0 Å². The first-order valence-corrected chi connectivity index (χ1v) is 7.53. The fraction of sp³-hybridized carbons (Fsp3) is 0.111. The number of hydrogen-bond acceptors (Lipinski definition) is 5. The monoisotopic (exact) mass is 319 g/mol. The molecule has 0 atom stereocenters. The highest BCUT2D eigenvalue weighted by molar-refractivity contribution is 5.93. The molecular weight excluding hydrogens is 302 g/mol. The molecule has 2 aromatic heterocycles. The van der Waals surface area contributed by atoms with Crippen LogP contribution in [0.25, 0.3) is 0 Å². The second kappa shape index (κ2) is 7.32. The van der Waals surface area contributed by atoms with Crippen LogP contribution in [-0.4, -0.2) is 27.9 Å². The normalized spacial score (nSPS) is 10.2. The van der Waals surface area contributed by atoms with Gasteiger partial charge in [-0.25, -0.2) is 9.97 Å². The SMILES string of the molecule is CN(c1ccccc1)c1ncc(C(=O)NCc2ccccn2)cn1. The maximum Gasteiger partial charge on any atom is 0.254 e. The number of carbonyl (C=O) groups excluding carboxylic acids is 1. The highest BCUT2D eigenvalue weighted by Crippen LogP contribution is 2.18. The number of para-hydroxylation sites is 1. The summed E-state index contributed by atoms with van der Waals surface area (Å²) in [6.07, 6.45) is 4.74. The van der Waals surface area contributed by atoms with Gasteiger partial charge >= 0.3 is 0 Å². The number of nitrogens with one attached hydrogen (secondary N) is 1. The second-order valence-corrected chi connectivity index (χ2v) is 5.17. The van der Waals surface area contributed by atoms with Gasteiger partial charge in [-0.3, -0.25) is 9.78 Å². The third-order valence-corrected chi connectivity index (χ3v) is 3.50. The lowest BCUT2D eigenvalue weighted by Crippen LogP contribution is -2.24. The van der Waals surface area contributed by atoms with Crippen LogP contribution in [0.3, 0.4) is 0 Å². The van der Waals surface area contributed by atoms with E-state index in [4.69, 9.17) is 0 Å². The summed E-state index contributed by atoms with van der Waals surface area (Å²) in [4.78, 5) is 26.7. The number of carbonyl (C=O) groups is 1. The molecule has 1 aromatic carbocycles. The fourth-order valence-corrected chi connectivity index (χ4v) is 2.15. The Morgan fingerprint density at radius 1 is 1.00 bits per heavy atom. The minimum atomic E-state index is -0.227. The van der Waals surface area contributed by atoms with Crippen LogP contribution in [0.15, 0.2) is 67.1 Å². The van der Waals surface area contributed by atoms with E-state index in [0.717, 1.165) is 11.4 Å². The number of nitrogens with zero attached hydrogens (tertiary/aromatic N) is 4. The summed E-state index contributed by atoms with van der Waals surface area (Å²) >= 11 is 0. The minimum absolute atomic E-state index is 0.227. The molecule has 0 unspecified atom stereocenters. The molecule has 24 heavy (non-hydrogen) atoms. The summed E-state index contributed by atoms with van der Waals surface area (Å²) in [6.45, 7) is 0.366. The first-order valence-electron chi connectivity index (χ1n) is 7.53. The number of aromatic nitrogens is 3. The van der Waals surface area contributed by atoms with E-state index in [1.165, 1.54) is 12.4 Å². The lowest BCUT2D eigenvalue weighted by molar-refractivity contribution is 0.0949. The quantitative estimate of drug-likeness (QED) is 0.782. The van der Waals surface area contributed by atoms with Gasteiger partial charge in [0, 0.05) is 31.3 Å². The van der Waals surface area contributed by atoms with Crippen molar-refractivity contribution in [1.82, 2.24) is 20.3 Å². The largest absolute Gasteiger partial charge is 0.346 e. The minimum Gasteiger partial charge on any atom is -0.346 e. The summed E-state index contributed by atoms with van der Waals surface area (Å²) in [5.41, 5.74) is 2.19. The van der Waals surface area contributed by atoms with E-state index < -0.39 is 0 Å². The molecule has 0 spiro atoms. The van der Waals surface area contributed by atoms with Crippen LogP contribution in [-0.2, 0) is 6.54 Å². The van der Waals surface area contributed by atoms with Gasteiger partial charge in [0.05, 0.1) is 17.8 Å². The van der Waals surface area contributed by atoms with Gasteiger partial charge in [-0.15, -0.1) is 0 Å². The van der Waals surface area contributed by atoms with E-state index in [-0.39, 0.29) is 5.91 Å². The molecular formula is C18H17N5O. The highest BCUT2D eigenvalue weighted by Gasteiger charge is 2.10. The summed E-state index contributed by atoms with van der Waals surface area (Å²) in [5, 5.41) is 2.80. The predicted molar refractivity (Wildman–Crippen MR) is 91.9 cm³/mol. The molecule has 0 aliphatic rings. The Hall–Kier alpha value is -3.28. The van der Waals surface area contributed by atoms with Crippen molar-refractivity contribution in [1.29, 1.82) is 0 Å². The zero-order valence-corrected chi connectivity index (χ0v) is 13.3.